The average molecular weight is 605 g/mol. The van der Waals surface area contributed by atoms with Gasteiger partial charge in [0.1, 0.15) is 12.2 Å². The third-order valence-corrected chi connectivity index (χ3v) is 7.85. The summed E-state index contributed by atoms with van der Waals surface area (Å²) in [5, 5.41) is 38.0. The summed E-state index contributed by atoms with van der Waals surface area (Å²) >= 11 is 1.69. The molecule has 42 heavy (non-hydrogen) atoms. The molecule has 0 aliphatic carbocycles. The van der Waals surface area contributed by atoms with E-state index in [1.54, 1.807) is 36.0 Å². The summed E-state index contributed by atoms with van der Waals surface area (Å²) in [6, 6.07) is 15.4. The fraction of sp³-hybridized carbons (Fsp3) is 0.500. The van der Waals surface area contributed by atoms with Crippen LogP contribution < -0.4 is 10.6 Å². The van der Waals surface area contributed by atoms with E-state index in [2.05, 4.69) is 10.6 Å². The van der Waals surface area contributed by atoms with Crippen LogP contribution in [0.4, 0.5) is 0 Å². The van der Waals surface area contributed by atoms with E-state index in [0.717, 1.165) is 29.7 Å². The minimum Gasteiger partial charge on any atom is -0.465 e. The Kier molecular flexibility index (Phi) is 12.8. The molecule has 0 saturated carbocycles. The standard InChI is InChI=1S/C30H40N2O9S/c1-4-42-16-8-15-40-30(29(38)39-3)17-23(34)25(32-19(2)33)27(41-30)26(36)24(35)18-31-28(37)22-13-11-21(12-14-22)20-9-6-5-7-10-20/h5-7,9-14,23-27,34-36H,4,8,15-18H2,1-3H3,(H,31,37)(H,32,33)/t23-,24+,25+,26+,27+,30+/m0/s1. The summed E-state index contributed by atoms with van der Waals surface area (Å²) in [6.07, 6.45) is -6.02. The summed E-state index contributed by atoms with van der Waals surface area (Å²) in [5.74, 6) is -2.33. The number of methoxy groups -OCH3 is 1. The first-order valence-electron chi connectivity index (χ1n) is 13.8. The van der Waals surface area contributed by atoms with Crippen LogP contribution >= 0.6 is 11.8 Å². The molecule has 1 heterocycles. The number of thioether (sulfide) groups is 1. The number of benzene rings is 2. The SMILES string of the molecule is CCSCCCO[C@]1(C(=O)OC)C[C@H](O)[C@@H](NC(C)=O)[C@H]([C@H](O)[C@H](O)CNC(=O)c2ccc(-c3ccccc3)cc2)O1. The van der Waals surface area contributed by atoms with E-state index in [4.69, 9.17) is 14.2 Å². The van der Waals surface area contributed by atoms with Crippen molar-refractivity contribution in [2.24, 2.45) is 0 Å². The lowest BCUT2D eigenvalue weighted by molar-refractivity contribution is -0.311. The molecular weight excluding hydrogens is 564 g/mol. The van der Waals surface area contributed by atoms with Crippen molar-refractivity contribution >= 4 is 29.5 Å². The van der Waals surface area contributed by atoms with E-state index in [9.17, 15) is 29.7 Å². The van der Waals surface area contributed by atoms with Crippen LogP contribution in [0.1, 0.15) is 37.0 Å². The van der Waals surface area contributed by atoms with Crippen molar-refractivity contribution < 1.29 is 43.9 Å². The number of hydrogen-bond acceptors (Lipinski definition) is 10. The number of ether oxygens (including phenoxy) is 3. The highest BCUT2D eigenvalue weighted by Crippen LogP contribution is 2.34. The monoisotopic (exact) mass is 604 g/mol. The first kappa shape index (κ1) is 33.5. The Morgan fingerprint density at radius 3 is 2.38 bits per heavy atom. The maximum Gasteiger partial charge on any atom is 0.366 e. The zero-order valence-corrected chi connectivity index (χ0v) is 24.8. The largest absolute Gasteiger partial charge is 0.465 e. The number of esters is 1. The molecule has 5 N–H and O–H groups in total. The van der Waals surface area contributed by atoms with Crippen molar-refractivity contribution in [3.05, 3.63) is 60.2 Å². The Labute approximate surface area is 249 Å². The second-order valence-corrected chi connectivity index (χ2v) is 11.3. The van der Waals surface area contributed by atoms with Gasteiger partial charge in [-0.3, -0.25) is 9.59 Å². The number of hydrogen-bond donors (Lipinski definition) is 5. The van der Waals surface area contributed by atoms with Crippen LogP contribution in [0.25, 0.3) is 11.1 Å². The van der Waals surface area contributed by atoms with Crippen LogP contribution in [-0.2, 0) is 23.8 Å². The molecule has 2 aromatic carbocycles. The molecule has 0 spiro atoms. The fourth-order valence-corrected chi connectivity index (χ4v) is 5.33. The van der Waals surface area contributed by atoms with Gasteiger partial charge in [-0.05, 0) is 41.2 Å². The maximum absolute atomic E-state index is 12.8. The van der Waals surface area contributed by atoms with Crippen LogP contribution in [0.5, 0.6) is 0 Å². The summed E-state index contributed by atoms with van der Waals surface area (Å²) in [4.78, 5) is 37.5. The van der Waals surface area contributed by atoms with Crippen molar-refractivity contribution in [1.29, 1.82) is 0 Å². The number of amides is 2. The Morgan fingerprint density at radius 1 is 1.10 bits per heavy atom. The van der Waals surface area contributed by atoms with Crippen molar-refractivity contribution in [3.8, 4) is 11.1 Å². The van der Waals surface area contributed by atoms with Crippen molar-refractivity contribution in [3.63, 3.8) is 0 Å². The molecule has 2 amide bonds. The summed E-state index contributed by atoms with van der Waals surface area (Å²) in [5.41, 5.74) is 2.27. The predicted octanol–water partition coefficient (Wildman–Crippen LogP) is 1.49. The molecule has 11 nitrogen and oxygen atoms in total. The first-order chi connectivity index (χ1) is 20.1. The third-order valence-electron chi connectivity index (χ3n) is 6.87. The number of carbonyl (C=O) groups excluding carboxylic acids is 3. The van der Waals surface area contributed by atoms with E-state index < -0.39 is 54.0 Å². The van der Waals surface area contributed by atoms with Gasteiger partial charge in [-0.1, -0.05) is 49.4 Å². The molecule has 1 aliphatic rings. The molecule has 2 aromatic rings. The van der Waals surface area contributed by atoms with Gasteiger partial charge < -0.3 is 40.2 Å². The van der Waals surface area contributed by atoms with Crippen LogP contribution in [0.15, 0.2) is 54.6 Å². The molecule has 1 fully saturated rings. The second-order valence-electron chi connectivity index (χ2n) is 9.94. The minimum absolute atomic E-state index is 0.101. The lowest BCUT2D eigenvalue weighted by Gasteiger charge is -2.47. The second kappa shape index (κ2) is 16.0. The molecule has 1 aliphatic heterocycles. The molecule has 0 unspecified atom stereocenters. The van der Waals surface area contributed by atoms with Gasteiger partial charge in [0.25, 0.3) is 11.7 Å². The van der Waals surface area contributed by atoms with E-state index in [1.807, 2.05) is 37.3 Å². The highest BCUT2D eigenvalue weighted by Gasteiger charge is 2.56. The highest BCUT2D eigenvalue weighted by atomic mass is 32.2. The third kappa shape index (κ3) is 8.76. The molecule has 0 bridgehead atoms. The number of aliphatic hydroxyl groups excluding tert-OH is 3. The highest BCUT2D eigenvalue weighted by molar-refractivity contribution is 7.99. The van der Waals surface area contributed by atoms with E-state index in [-0.39, 0.29) is 19.6 Å². The lowest BCUT2D eigenvalue weighted by Crippen LogP contribution is -2.68. The molecule has 230 valence electrons. The van der Waals surface area contributed by atoms with Gasteiger partial charge in [-0.25, -0.2) is 4.79 Å². The van der Waals surface area contributed by atoms with Gasteiger partial charge in [0, 0.05) is 25.5 Å². The first-order valence-corrected chi connectivity index (χ1v) is 15.0. The van der Waals surface area contributed by atoms with Crippen molar-refractivity contribution in [1.82, 2.24) is 10.6 Å². The lowest BCUT2D eigenvalue weighted by atomic mass is 9.88. The Bertz CT molecular complexity index is 1170. The quantitative estimate of drug-likeness (QED) is 0.158. The van der Waals surface area contributed by atoms with Crippen LogP contribution in [0, 0.1) is 0 Å². The predicted molar refractivity (Wildman–Crippen MR) is 158 cm³/mol. The van der Waals surface area contributed by atoms with Crippen LogP contribution in [-0.4, -0.2) is 101 Å². The maximum atomic E-state index is 12.8. The molecule has 3 rings (SSSR count). The van der Waals surface area contributed by atoms with E-state index >= 15 is 0 Å². The molecular formula is C30H40N2O9S. The van der Waals surface area contributed by atoms with Crippen molar-refractivity contribution in [2.75, 3.05) is 31.8 Å². The smallest absolute Gasteiger partial charge is 0.366 e. The van der Waals surface area contributed by atoms with Gasteiger partial charge in [0.05, 0.1) is 32.0 Å². The van der Waals surface area contributed by atoms with Gasteiger partial charge in [0.2, 0.25) is 5.91 Å². The minimum atomic E-state index is -2.07. The van der Waals surface area contributed by atoms with Crippen molar-refractivity contribution in [2.45, 2.75) is 62.9 Å². The number of rotatable bonds is 14. The fourth-order valence-electron chi connectivity index (χ4n) is 4.72. The van der Waals surface area contributed by atoms with Gasteiger partial charge in [-0.2, -0.15) is 11.8 Å². The van der Waals surface area contributed by atoms with E-state index in [1.165, 1.54) is 6.92 Å². The summed E-state index contributed by atoms with van der Waals surface area (Å²) in [6.45, 7) is 2.96. The molecule has 12 heteroatoms. The molecule has 1 saturated heterocycles. The van der Waals surface area contributed by atoms with Gasteiger partial charge in [0.15, 0.2) is 0 Å². The number of carbonyl (C=O) groups is 3. The summed E-state index contributed by atoms with van der Waals surface area (Å²) < 4.78 is 16.6. The number of nitrogens with one attached hydrogen (secondary N) is 2. The Morgan fingerprint density at radius 2 is 1.76 bits per heavy atom. The van der Waals surface area contributed by atoms with Crippen LogP contribution in [0.2, 0.25) is 0 Å². The molecule has 0 aromatic heterocycles. The van der Waals surface area contributed by atoms with Gasteiger partial charge >= 0.3 is 5.97 Å². The normalized spacial score (nSPS) is 23.4. The Balaban J connectivity index is 1.71. The molecule has 6 atom stereocenters. The summed E-state index contributed by atoms with van der Waals surface area (Å²) in [7, 11) is 1.14. The van der Waals surface area contributed by atoms with Crippen LogP contribution in [0.3, 0.4) is 0 Å². The van der Waals surface area contributed by atoms with Gasteiger partial charge in [-0.15, -0.1) is 0 Å². The zero-order chi connectivity index (χ0) is 30.7. The topological polar surface area (TPSA) is 164 Å². The Hall–Kier alpha value is -3.00. The average Bonchev–Trinajstić information content (AvgIpc) is 3.00. The number of aliphatic hydroxyl groups is 3. The van der Waals surface area contributed by atoms with E-state index in [0.29, 0.717) is 12.0 Å². The molecule has 0 radical (unpaired) electrons. The zero-order valence-electron chi connectivity index (χ0n) is 24.0.